The monoisotopic (exact) mass is 364 g/mol. The molecule has 1 fully saturated rings. The summed E-state index contributed by atoms with van der Waals surface area (Å²) < 4.78 is 10.3. The summed E-state index contributed by atoms with van der Waals surface area (Å²) >= 11 is 0. The van der Waals surface area contributed by atoms with Crippen molar-refractivity contribution in [1.29, 1.82) is 0 Å². The highest BCUT2D eigenvalue weighted by Gasteiger charge is 2.52. The Kier molecular flexibility index (Phi) is 5.74. The molecule has 0 unspecified atom stereocenters. The second kappa shape index (κ2) is 7.63. The van der Waals surface area contributed by atoms with Gasteiger partial charge in [-0.1, -0.05) is 30.3 Å². The van der Waals surface area contributed by atoms with Gasteiger partial charge in [-0.3, -0.25) is 4.79 Å². The average molecular weight is 364 g/mol. The first-order valence-corrected chi connectivity index (χ1v) is 8.27. The van der Waals surface area contributed by atoms with Crippen LogP contribution in [-0.4, -0.2) is 53.4 Å². The highest BCUT2D eigenvalue weighted by atomic mass is 16.6. The van der Waals surface area contributed by atoms with Gasteiger partial charge < -0.3 is 24.8 Å². The molecule has 26 heavy (non-hydrogen) atoms. The molecule has 0 aliphatic carbocycles. The van der Waals surface area contributed by atoms with Crippen LogP contribution in [0.15, 0.2) is 30.3 Å². The Morgan fingerprint density at radius 1 is 1.19 bits per heavy atom. The van der Waals surface area contributed by atoms with Gasteiger partial charge in [0.25, 0.3) is 0 Å². The number of carbonyl (C=O) groups is 3. The summed E-state index contributed by atoms with van der Waals surface area (Å²) in [7, 11) is 0. The first-order valence-electron chi connectivity index (χ1n) is 8.27. The summed E-state index contributed by atoms with van der Waals surface area (Å²) in [5.41, 5.74) is -1.06. The van der Waals surface area contributed by atoms with Crippen LogP contribution in [0, 0.1) is 5.41 Å². The van der Waals surface area contributed by atoms with Crippen LogP contribution in [0.25, 0.3) is 0 Å². The van der Waals surface area contributed by atoms with E-state index in [-0.39, 0.29) is 26.2 Å². The maximum absolute atomic E-state index is 11.9. The minimum atomic E-state index is -1.23. The van der Waals surface area contributed by atoms with Gasteiger partial charge in [0.05, 0.1) is 0 Å². The van der Waals surface area contributed by atoms with Crippen LogP contribution in [0.3, 0.4) is 0 Å². The zero-order chi connectivity index (χ0) is 19.4. The molecule has 142 valence electrons. The van der Waals surface area contributed by atoms with Gasteiger partial charge in [0, 0.05) is 19.6 Å². The van der Waals surface area contributed by atoms with E-state index >= 15 is 0 Å². The molecule has 1 aromatic rings. The predicted octanol–water partition coefficient (Wildman–Crippen LogP) is 2.23. The second-order valence-corrected chi connectivity index (χ2v) is 7.34. The number of carboxylic acids is 1. The van der Waals surface area contributed by atoms with Crippen molar-refractivity contribution in [3.05, 3.63) is 35.9 Å². The predicted molar refractivity (Wildman–Crippen MR) is 92.5 cm³/mol. The molecule has 1 aliphatic rings. The van der Waals surface area contributed by atoms with Crippen molar-refractivity contribution in [2.24, 2.45) is 5.41 Å². The summed E-state index contributed by atoms with van der Waals surface area (Å²) in [6, 6.07) is 9.14. The lowest BCUT2D eigenvalue weighted by Gasteiger charge is -2.46. The molecule has 0 bridgehead atoms. The lowest BCUT2D eigenvalue weighted by atomic mass is 9.80. The Morgan fingerprint density at radius 2 is 1.81 bits per heavy atom. The van der Waals surface area contributed by atoms with E-state index in [0.717, 1.165) is 5.56 Å². The molecule has 0 aromatic heterocycles. The fourth-order valence-electron chi connectivity index (χ4n) is 2.48. The Hall–Kier alpha value is -2.77. The molecule has 0 atom stereocenters. The fourth-order valence-corrected chi connectivity index (χ4v) is 2.48. The highest BCUT2D eigenvalue weighted by molar-refractivity contribution is 5.81. The van der Waals surface area contributed by atoms with Gasteiger partial charge in [-0.15, -0.1) is 0 Å². The highest BCUT2D eigenvalue weighted by Crippen LogP contribution is 2.31. The lowest BCUT2D eigenvalue weighted by molar-refractivity contribution is -0.158. The van der Waals surface area contributed by atoms with E-state index in [4.69, 9.17) is 9.47 Å². The van der Waals surface area contributed by atoms with Crippen molar-refractivity contribution in [2.45, 2.75) is 33.0 Å². The third kappa shape index (κ3) is 5.11. The molecule has 0 radical (unpaired) electrons. The molecule has 2 amide bonds. The van der Waals surface area contributed by atoms with E-state index in [9.17, 15) is 19.5 Å². The molecular formula is C18H24N2O6. The standard InChI is InChI=1S/C18H24N2O6/c1-17(2,3)26-16(24)20-11-18(12-20,14(21)22)10-19-15(23)25-9-13-7-5-4-6-8-13/h4-8H,9-12H2,1-3H3,(H,19,23)(H,21,22). The molecule has 1 heterocycles. The number of benzene rings is 1. The van der Waals surface area contributed by atoms with Gasteiger partial charge in [0.2, 0.25) is 0 Å². The third-order valence-corrected chi connectivity index (χ3v) is 3.88. The van der Waals surface area contributed by atoms with Gasteiger partial charge in [-0.2, -0.15) is 0 Å². The summed E-state index contributed by atoms with van der Waals surface area (Å²) in [6.45, 7) is 5.11. The van der Waals surface area contributed by atoms with Gasteiger partial charge >= 0.3 is 18.2 Å². The molecule has 2 N–H and O–H groups in total. The lowest BCUT2D eigenvalue weighted by Crippen LogP contribution is -2.66. The van der Waals surface area contributed by atoms with Crippen LogP contribution in [-0.2, 0) is 20.9 Å². The van der Waals surface area contributed by atoms with Crippen LogP contribution in [0.5, 0.6) is 0 Å². The Bertz CT molecular complexity index is 662. The molecule has 1 aromatic carbocycles. The number of nitrogens with one attached hydrogen (secondary N) is 1. The number of aliphatic carboxylic acids is 1. The SMILES string of the molecule is CC(C)(C)OC(=O)N1CC(CNC(=O)OCc2ccccc2)(C(=O)O)C1. The Balaban J connectivity index is 1.81. The van der Waals surface area contributed by atoms with E-state index < -0.39 is 29.2 Å². The normalized spacial score (nSPS) is 15.6. The molecular weight excluding hydrogens is 340 g/mol. The zero-order valence-corrected chi connectivity index (χ0v) is 15.2. The number of nitrogens with zero attached hydrogens (tertiary/aromatic N) is 1. The first kappa shape index (κ1) is 19.6. The zero-order valence-electron chi connectivity index (χ0n) is 15.2. The van der Waals surface area contributed by atoms with Crippen LogP contribution in [0.4, 0.5) is 9.59 Å². The van der Waals surface area contributed by atoms with E-state index in [1.165, 1.54) is 4.90 Å². The summed E-state index contributed by atoms with van der Waals surface area (Å²) in [4.78, 5) is 36.6. The molecule has 8 nitrogen and oxygen atoms in total. The van der Waals surface area contributed by atoms with Crippen LogP contribution in [0.2, 0.25) is 0 Å². The van der Waals surface area contributed by atoms with Gasteiger partial charge in [-0.25, -0.2) is 9.59 Å². The number of carbonyl (C=O) groups excluding carboxylic acids is 2. The smallest absolute Gasteiger partial charge is 0.410 e. The van der Waals surface area contributed by atoms with E-state index in [2.05, 4.69) is 5.32 Å². The van der Waals surface area contributed by atoms with E-state index in [0.29, 0.717) is 0 Å². The number of alkyl carbamates (subject to hydrolysis) is 1. The fraction of sp³-hybridized carbons (Fsp3) is 0.500. The molecule has 0 saturated carbocycles. The van der Waals surface area contributed by atoms with Crippen molar-refractivity contribution >= 4 is 18.2 Å². The van der Waals surface area contributed by atoms with E-state index in [1.807, 2.05) is 30.3 Å². The topological polar surface area (TPSA) is 105 Å². The number of hydrogen-bond donors (Lipinski definition) is 2. The van der Waals surface area contributed by atoms with Crippen molar-refractivity contribution in [3.8, 4) is 0 Å². The summed E-state index contributed by atoms with van der Waals surface area (Å²) in [6.07, 6.45) is -1.27. The first-order chi connectivity index (χ1) is 12.1. The number of rotatable bonds is 5. The van der Waals surface area contributed by atoms with Gasteiger partial charge in [-0.05, 0) is 26.3 Å². The van der Waals surface area contributed by atoms with Crippen LogP contribution < -0.4 is 5.32 Å². The van der Waals surface area contributed by atoms with Gasteiger partial charge in [0.1, 0.15) is 17.6 Å². The quantitative estimate of drug-likeness (QED) is 0.830. The minimum Gasteiger partial charge on any atom is -0.481 e. The average Bonchev–Trinajstić information content (AvgIpc) is 2.50. The van der Waals surface area contributed by atoms with Crippen molar-refractivity contribution in [2.75, 3.05) is 19.6 Å². The minimum absolute atomic E-state index is 0.0315. The van der Waals surface area contributed by atoms with E-state index in [1.54, 1.807) is 20.8 Å². The largest absolute Gasteiger partial charge is 0.481 e. The third-order valence-electron chi connectivity index (χ3n) is 3.88. The Labute approximate surface area is 152 Å². The molecule has 2 rings (SSSR count). The van der Waals surface area contributed by atoms with Crippen molar-refractivity contribution < 1.29 is 29.0 Å². The molecule has 0 spiro atoms. The maximum atomic E-state index is 11.9. The second-order valence-electron chi connectivity index (χ2n) is 7.34. The molecule has 8 heteroatoms. The van der Waals surface area contributed by atoms with Crippen molar-refractivity contribution in [1.82, 2.24) is 10.2 Å². The maximum Gasteiger partial charge on any atom is 0.410 e. The number of likely N-dealkylation sites (tertiary alicyclic amines) is 1. The molecule has 1 aliphatic heterocycles. The summed E-state index contributed by atoms with van der Waals surface area (Å²) in [5.74, 6) is -1.08. The van der Waals surface area contributed by atoms with Crippen LogP contribution in [0.1, 0.15) is 26.3 Å². The summed E-state index contributed by atoms with van der Waals surface area (Å²) in [5, 5.41) is 11.9. The van der Waals surface area contributed by atoms with Crippen LogP contribution >= 0.6 is 0 Å². The molecule has 1 saturated heterocycles. The number of ether oxygens (including phenoxy) is 2. The number of hydrogen-bond acceptors (Lipinski definition) is 5. The number of carboxylic acid groups (broad SMARTS) is 1. The Morgan fingerprint density at radius 3 is 2.35 bits per heavy atom. The van der Waals surface area contributed by atoms with Gasteiger partial charge in [0.15, 0.2) is 0 Å². The number of amides is 2. The van der Waals surface area contributed by atoms with Crippen molar-refractivity contribution in [3.63, 3.8) is 0 Å².